The third-order valence-electron chi connectivity index (χ3n) is 3.68. The van der Waals surface area contributed by atoms with Gasteiger partial charge in [-0.15, -0.1) is 11.3 Å². The first-order valence-corrected chi connectivity index (χ1v) is 8.70. The molecule has 2 N–H and O–H groups in total. The molecule has 1 amide bonds. The molecule has 0 radical (unpaired) electrons. The lowest BCUT2D eigenvalue weighted by atomic mass is 10.1. The van der Waals surface area contributed by atoms with Gasteiger partial charge in [0, 0.05) is 36.0 Å². The number of thiophene rings is 1. The van der Waals surface area contributed by atoms with Crippen LogP contribution in [0, 0.1) is 0 Å². The lowest BCUT2D eigenvalue weighted by Crippen LogP contribution is -2.33. The Hall–Kier alpha value is -1.34. The highest BCUT2D eigenvalue weighted by Crippen LogP contribution is 2.34. The fraction of sp³-hybridized carbons (Fsp3) is 0.500. The van der Waals surface area contributed by atoms with Crippen molar-refractivity contribution in [3.63, 3.8) is 0 Å². The van der Waals surface area contributed by atoms with Crippen LogP contribution in [0.3, 0.4) is 0 Å². The van der Waals surface area contributed by atoms with Crippen LogP contribution in [0.5, 0.6) is 0 Å². The van der Waals surface area contributed by atoms with Gasteiger partial charge in [-0.05, 0) is 6.42 Å². The molecule has 3 heterocycles. The minimum atomic E-state index is 0.00981. The van der Waals surface area contributed by atoms with E-state index in [0.29, 0.717) is 16.1 Å². The summed E-state index contributed by atoms with van der Waals surface area (Å²) in [5.41, 5.74) is 7.19. The molecule has 3 rings (SSSR count). The molecule has 0 spiro atoms. The molecule has 0 bridgehead atoms. The van der Waals surface area contributed by atoms with E-state index in [2.05, 4.69) is 23.8 Å². The number of aromatic nitrogens is 2. The van der Waals surface area contributed by atoms with E-state index in [9.17, 15) is 4.79 Å². The van der Waals surface area contributed by atoms with Gasteiger partial charge in [0.2, 0.25) is 0 Å². The molecule has 0 aromatic carbocycles. The Morgan fingerprint density at radius 2 is 2.10 bits per heavy atom. The van der Waals surface area contributed by atoms with E-state index in [1.807, 2.05) is 16.7 Å². The monoisotopic (exact) mass is 322 g/mol. The molecule has 5 nitrogen and oxygen atoms in total. The molecular formula is C14H18N4OS2. The van der Waals surface area contributed by atoms with Crippen molar-refractivity contribution in [3.05, 3.63) is 17.3 Å². The number of fused-ring (bicyclic) bond motifs is 1. The number of thioether (sulfide) groups is 1. The van der Waals surface area contributed by atoms with Gasteiger partial charge in [-0.25, -0.2) is 9.97 Å². The molecule has 0 unspecified atom stereocenters. The first-order valence-electron chi connectivity index (χ1n) is 6.90. The van der Waals surface area contributed by atoms with Crippen molar-refractivity contribution >= 4 is 45.0 Å². The summed E-state index contributed by atoms with van der Waals surface area (Å²) < 4.78 is 0.226. The summed E-state index contributed by atoms with van der Waals surface area (Å²) in [5.74, 6) is 0.968. The van der Waals surface area contributed by atoms with Crippen molar-refractivity contribution in [2.24, 2.45) is 0 Å². The Bertz CT molecular complexity index is 683. The van der Waals surface area contributed by atoms with Crippen molar-refractivity contribution in [2.75, 3.05) is 24.6 Å². The number of nitrogen functional groups attached to an aromatic ring is 1. The van der Waals surface area contributed by atoms with E-state index >= 15 is 0 Å². The zero-order chi connectivity index (χ0) is 15.0. The number of carbonyl (C=O) groups excluding carboxylic acids is 1. The van der Waals surface area contributed by atoms with Gasteiger partial charge >= 0.3 is 0 Å². The average molecular weight is 322 g/mol. The molecule has 21 heavy (non-hydrogen) atoms. The van der Waals surface area contributed by atoms with E-state index in [0.717, 1.165) is 30.1 Å². The van der Waals surface area contributed by atoms with Gasteiger partial charge in [0.1, 0.15) is 15.2 Å². The zero-order valence-electron chi connectivity index (χ0n) is 12.1. The maximum absolute atomic E-state index is 12.7. The molecule has 1 fully saturated rings. The topological polar surface area (TPSA) is 72.1 Å². The van der Waals surface area contributed by atoms with Crippen LogP contribution in [-0.2, 0) is 0 Å². The summed E-state index contributed by atoms with van der Waals surface area (Å²) in [6.45, 7) is 6.00. The smallest absolute Gasteiger partial charge is 0.266 e. The first-order chi connectivity index (χ1) is 9.98. The van der Waals surface area contributed by atoms with Crippen LogP contribution in [-0.4, -0.2) is 44.4 Å². The fourth-order valence-electron chi connectivity index (χ4n) is 2.37. The third-order valence-corrected chi connectivity index (χ3v) is 6.15. The minimum Gasteiger partial charge on any atom is -0.396 e. The predicted molar refractivity (Wildman–Crippen MR) is 88.9 cm³/mol. The van der Waals surface area contributed by atoms with E-state index < -0.39 is 0 Å². The van der Waals surface area contributed by atoms with Crippen molar-refractivity contribution < 1.29 is 4.79 Å². The number of hydrogen-bond acceptors (Lipinski definition) is 6. The Balaban J connectivity index is 1.88. The van der Waals surface area contributed by atoms with E-state index in [-0.39, 0.29) is 10.7 Å². The highest BCUT2D eigenvalue weighted by molar-refractivity contribution is 8.00. The highest BCUT2D eigenvalue weighted by atomic mass is 32.2. The van der Waals surface area contributed by atoms with Crippen LogP contribution >= 0.6 is 23.1 Å². The van der Waals surface area contributed by atoms with Gasteiger partial charge in [0.05, 0.1) is 5.69 Å². The molecular weight excluding hydrogens is 304 g/mol. The second kappa shape index (κ2) is 5.46. The molecule has 0 atom stereocenters. The number of amides is 1. The second-order valence-corrected chi connectivity index (χ2v) is 8.51. The number of carbonyl (C=O) groups is 1. The van der Waals surface area contributed by atoms with Crippen LogP contribution < -0.4 is 5.73 Å². The number of nitrogens with zero attached hydrogens (tertiary/aromatic N) is 3. The summed E-state index contributed by atoms with van der Waals surface area (Å²) in [5, 5.41) is 0. The fourth-order valence-corrected chi connectivity index (χ4v) is 4.46. The van der Waals surface area contributed by atoms with Crippen molar-refractivity contribution in [1.82, 2.24) is 14.9 Å². The van der Waals surface area contributed by atoms with Crippen LogP contribution in [0.1, 0.15) is 29.9 Å². The van der Waals surface area contributed by atoms with Crippen LogP contribution in [0.2, 0.25) is 0 Å². The van der Waals surface area contributed by atoms with Crippen LogP contribution in [0.25, 0.3) is 10.3 Å². The number of hydrogen-bond donors (Lipinski definition) is 1. The summed E-state index contributed by atoms with van der Waals surface area (Å²) in [4.78, 5) is 24.4. The van der Waals surface area contributed by atoms with Gasteiger partial charge in [0.15, 0.2) is 0 Å². The molecule has 1 aliphatic heterocycles. The van der Waals surface area contributed by atoms with Gasteiger partial charge in [-0.1, -0.05) is 13.8 Å². The Kier molecular flexibility index (Phi) is 3.79. The molecule has 1 saturated heterocycles. The Labute approximate surface area is 131 Å². The van der Waals surface area contributed by atoms with E-state index in [1.54, 1.807) is 12.4 Å². The lowest BCUT2D eigenvalue weighted by Gasteiger charge is -2.22. The standard InChI is InChI=1S/C14H18N4OS2/c1-14(2)3-6-18(7-8-20-14)13(19)11-9(15)10-12(21-11)17-5-4-16-10/h4-5H,3,6-8,15H2,1-2H3. The van der Waals surface area contributed by atoms with Gasteiger partial charge < -0.3 is 10.6 Å². The number of nitrogens with two attached hydrogens (primary N) is 1. The number of rotatable bonds is 1. The maximum atomic E-state index is 12.7. The highest BCUT2D eigenvalue weighted by Gasteiger charge is 2.28. The Morgan fingerprint density at radius 1 is 1.33 bits per heavy atom. The quantitative estimate of drug-likeness (QED) is 0.874. The molecule has 7 heteroatoms. The van der Waals surface area contributed by atoms with Crippen LogP contribution in [0.4, 0.5) is 5.69 Å². The molecule has 0 aliphatic carbocycles. The van der Waals surface area contributed by atoms with Crippen LogP contribution in [0.15, 0.2) is 12.4 Å². The summed E-state index contributed by atoms with van der Waals surface area (Å²) in [7, 11) is 0. The Morgan fingerprint density at radius 3 is 2.86 bits per heavy atom. The van der Waals surface area contributed by atoms with E-state index in [4.69, 9.17) is 5.73 Å². The normalized spacial score (nSPS) is 18.7. The molecule has 112 valence electrons. The lowest BCUT2D eigenvalue weighted by molar-refractivity contribution is 0.0770. The first kappa shape index (κ1) is 14.6. The average Bonchev–Trinajstić information content (AvgIpc) is 2.67. The molecule has 0 saturated carbocycles. The summed E-state index contributed by atoms with van der Waals surface area (Å²) >= 11 is 3.26. The summed E-state index contributed by atoms with van der Waals surface area (Å²) in [6.07, 6.45) is 4.22. The predicted octanol–water partition coefficient (Wildman–Crippen LogP) is 2.63. The van der Waals surface area contributed by atoms with Gasteiger partial charge in [-0.2, -0.15) is 11.8 Å². The maximum Gasteiger partial charge on any atom is 0.266 e. The zero-order valence-corrected chi connectivity index (χ0v) is 13.8. The van der Waals surface area contributed by atoms with Gasteiger partial charge in [0.25, 0.3) is 5.91 Å². The number of anilines is 1. The molecule has 2 aromatic heterocycles. The molecule has 2 aromatic rings. The SMILES string of the molecule is CC1(C)CCN(C(=O)c2sc3nccnc3c2N)CCS1. The van der Waals surface area contributed by atoms with Gasteiger partial charge in [-0.3, -0.25) is 4.79 Å². The minimum absolute atomic E-state index is 0.00981. The third kappa shape index (κ3) is 2.85. The molecule has 1 aliphatic rings. The van der Waals surface area contributed by atoms with Crippen molar-refractivity contribution in [1.29, 1.82) is 0 Å². The largest absolute Gasteiger partial charge is 0.396 e. The summed E-state index contributed by atoms with van der Waals surface area (Å²) in [6, 6.07) is 0. The second-order valence-electron chi connectivity index (χ2n) is 5.71. The van der Waals surface area contributed by atoms with Crippen molar-refractivity contribution in [3.8, 4) is 0 Å². The van der Waals surface area contributed by atoms with Crippen molar-refractivity contribution in [2.45, 2.75) is 25.0 Å². The van der Waals surface area contributed by atoms with E-state index in [1.165, 1.54) is 11.3 Å².